The molecule has 0 aromatic heterocycles. The molecule has 15 heavy (non-hydrogen) atoms. The Kier molecular flexibility index (Phi) is 4.21. The monoisotopic (exact) mass is 298 g/mol. The van der Waals surface area contributed by atoms with Gasteiger partial charge in [0, 0.05) is 9.37 Å². The van der Waals surface area contributed by atoms with Gasteiger partial charge < -0.3 is 0 Å². The number of ketones is 1. The highest BCUT2D eigenvalue weighted by molar-refractivity contribution is 9.10. The SMILES string of the molecule is O=C(CSc1ccccc1Br)C(F)(F)F. The first-order chi connectivity index (χ1) is 6.91. The van der Waals surface area contributed by atoms with Crippen LogP contribution in [-0.2, 0) is 4.79 Å². The van der Waals surface area contributed by atoms with Crippen molar-refractivity contribution >= 4 is 33.5 Å². The van der Waals surface area contributed by atoms with Gasteiger partial charge in [0.15, 0.2) is 0 Å². The second-order valence-corrected chi connectivity index (χ2v) is 4.51. The van der Waals surface area contributed by atoms with E-state index in [9.17, 15) is 18.0 Å². The van der Waals surface area contributed by atoms with Crippen molar-refractivity contribution in [3.8, 4) is 0 Å². The molecular weight excluding hydrogens is 293 g/mol. The van der Waals surface area contributed by atoms with Crippen molar-refractivity contribution in [2.24, 2.45) is 0 Å². The average Bonchev–Trinajstić information content (AvgIpc) is 2.14. The number of thioether (sulfide) groups is 1. The first kappa shape index (κ1) is 12.6. The maximum Gasteiger partial charge on any atom is 0.450 e. The lowest BCUT2D eigenvalue weighted by Gasteiger charge is -2.05. The van der Waals surface area contributed by atoms with E-state index in [2.05, 4.69) is 15.9 Å². The molecule has 0 radical (unpaired) electrons. The van der Waals surface area contributed by atoms with Crippen molar-refractivity contribution in [2.75, 3.05) is 5.75 Å². The molecule has 0 aliphatic rings. The predicted octanol–water partition coefficient (Wildman–Crippen LogP) is 3.67. The van der Waals surface area contributed by atoms with E-state index in [1.54, 1.807) is 24.3 Å². The van der Waals surface area contributed by atoms with Gasteiger partial charge in [0.1, 0.15) is 0 Å². The second kappa shape index (κ2) is 5.03. The fraction of sp³-hybridized carbons (Fsp3) is 0.222. The summed E-state index contributed by atoms with van der Waals surface area (Å²) in [5.74, 6) is -2.31. The number of alkyl halides is 3. The molecule has 0 heterocycles. The van der Waals surface area contributed by atoms with Crippen molar-refractivity contribution in [2.45, 2.75) is 11.1 Å². The first-order valence-electron chi connectivity index (χ1n) is 3.88. The lowest BCUT2D eigenvalue weighted by molar-refractivity contribution is -0.167. The molecule has 0 atom stereocenters. The summed E-state index contributed by atoms with van der Waals surface area (Å²) >= 11 is 4.05. The molecule has 0 fully saturated rings. The van der Waals surface area contributed by atoms with Gasteiger partial charge in [-0.2, -0.15) is 13.2 Å². The van der Waals surface area contributed by atoms with Gasteiger partial charge in [-0.15, -0.1) is 11.8 Å². The van der Waals surface area contributed by atoms with Gasteiger partial charge in [-0.25, -0.2) is 0 Å². The van der Waals surface area contributed by atoms with Crippen molar-refractivity contribution < 1.29 is 18.0 Å². The molecular formula is C9H6BrF3OS. The van der Waals surface area contributed by atoms with Crippen LogP contribution < -0.4 is 0 Å². The van der Waals surface area contributed by atoms with E-state index in [1.165, 1.54) is 0 Å². The number of hydrogen-bond donors (Lipinski definition) is 0. The van der Waals surface area contributed by atoms with Crippen molar-refractivity contribution in [3.63, 3.8) is 0 Å². The molecule has 0 aliphatic carbocycles. The van der Waals surface area contributed by atoms with Gasteiger partial charge in [0.2, 0.25) is 5.78 Å². The maximum absolute atomic E-state index is 11.9. The number of halogens is 4. The zero-order chi connectivity index (χ0) is 11.5. The van der Waals surface area contributed by atoms with E-state index in [1.807, 2.05) is 0 Å². The number of benzene rings is 1. The fourth-order valence-electron chi connectivity index (χ4n) is 0.787. The fourth-order valence-corrected chi connectivity index (χ4v) is 2.25. The van der Waals surface area contributed by atoms with Crippen LogP contribution in [0, 0.1) is 0 Å². The van der Waals surface area contributed by atoms with Crippen LogP contribution in [0.2, 0.25) is 0 Å². The summed E-state index contributed by atoms with van der Waals surface area (Å²) in [4.78, 5) is 11.2. The molecule has 0 saturated heterocycles. The molecule has 1 aromatic carbocycles. The molecule has 0 unspecified atom stereocenters. The highest BCUT2D eigenvalue weighted by atomic mass is 79.9. The highest BCUT2D eigenvalue weighted by Crippen LogP contribution is 2.29. The molecule has 82 valence electrons. The normalized spacial score (nSPS) is 11.5. The van der Waals surface area contributed by atoms with Gasteiger partial charge in [-0.1, -0.05) is 12.1 Å². The average molecular weight is 299 g/mol. The molecule has 1 aromatic rings. The van der Waals surface area contributed by atoms with E-state index in [-0.39, 0.29) is 0 Å². The molecule has 6 heteroatoms. The summed E-state index contributed by atoms with van der Waals surface area (Å²) in [6, 6.07) is 6.81. The van der Waals surface area contributed by atoms with Crippen LogP contribution in [0.4, 0.5) is 13.2 Å². The van der Waals surface area contributed by atoms with Crippen molar-refractivity contribution in [1.82, 2.24) is 0 Å². The lowest BCUT2D eigenvalue weighted by atomic mass is 10.4. The summed E-state index contributed by atoms with van der Waals surface area (Å²) in [6.07, 6.45) is -4.74. The largest absolute Gasteiger partial charge is 0.450 e. The third kappa shape index (κ3) is 3.87. The summed E-state index contributed by atoms with van der Waals surface area (Å²) < 4.78 is 36.3. The van der Waals surface area contributed by atoms with Crippen LogP contribution in [0.5, 0.6) is 0 Å². The van der Waals surface area contributed by atoms with Crippen molar-refractivity contribution in [1.29, 1.82) is 0 Å². The summed E-state index contributed by atoms with van der Waals surface area (Å²) in [6.45, 7) is 0. The van der Waals surface area contributed by atoms with Gasteiger partial charge in [0.05, 0.1) is 5.75 Å². The number of rotatable bonds is 3. The quantitative estimate of drug-likeness (QED) is 0.792. The number of hydrogen-bond acceptors (Lipinski definition) is 2. The molecule has 1 rings (SSSR count). The van der Waals surface area contributed by atoms with Crippen LogP contribution >= 0.6 is 27.7 Å². The minimum atomic E-state index is -4.74. The Hall–Kier alpha value is -0.490. The van der Waals surface area contributed by atoms with Crippen LogP contribution in [0.3, 0.4) is 0 Å². The highest BCUT2D eigenvalue weighted by Gasteiger charge is 2.37. The Bertz CT molecular complexity index is 365. The van der Waals surface area contributed by atoms with E-state index in [0.717, 1.165) is 11.8 Å². The van der Waals surface area contributed by atoms with E-state index >= 15 is 0 Å². The summed E-state index contributed by atoms with van der Waals surface area (Å²) in [7, 11) is 0. The summed E-state index contributed by atoms with van der Waals surface area (Å²) in [5.41, 5.74) is 0. The Balaban J connectivity index is 2.59. The zero-order valence-corrected chi connectivity index (χ0v) is 9.75. The first-order valence-corrected chi connectivity index (χ1v) is 5.66. The minimum absolute atomic E-state index is 0.591. The van der Waals surface area contributed by atoms with Gasteiger partial charge in [-0.05, 0) is 28.1 Å². The van der Waals surface area contributed by atoms with Crippen LogP contribution in [0.1, 0.15) is 0 Å². The van der Waals surface area contributed by atoms with Crippen molar-refractivity contribution in [3.05, 3.63) is 28.7 Å². The topological polar surface area (TPSA) is 17.1 Å². The van der Waals surface area contributed by atoms with Crippen LogP contribution in [0.15, 0.2) is 33.6 Å². The molecule has 1 nitrogen and oxygen atoms in total. The van der Waals surface area contributed by atoms with Crippen LogP contribution in [0.25, 0.3) is 0 Å². The van der Waals surface area contributed by atoms with Gasteiger partial charge >= 0.3 is 6.18 Å². The minimum Gasteiger partial charge on any atom is -0.289 e. The standard InChI is InChI=1S/C9H6BrF3OS/c10-6-3-1-2-4-7(6)15-5-8(14)9(11,12)13/h1-4H,5H2. The number of carbonyl (C=O) groups is 1. The predicted molar refractivity (Wildman–Crippen MR) is 55.9 cm³/mol. The molecule has 0 aliphatic heterocycles. The van der Waals surface area contributed by atoms with Gasteiger partial charge in [-0.3, -0.25) is 4.79 Å². The third-order valence-corrected chi connectivity index (χ3v) is 3.54. The van der Waals surface area contributed by atoms with E-state index in [0.29, 0.717) is 9.37 Å². The van der Waals surface area contributed by atoms with Crippen LogP contribution in [-0.4, -0.2) is 17.7 Å². The molecule has 0 spiro atoms. The molecule has 0 bridgehead atoms. The Morgan fingerprint density at radius 2 is 1.93 bits per heavy atom. The number of Topliss-reactive ketones (excluding diaryl/α,β-unsaturated/α-hetero) is 1. The van der Waals surface area contributed by atoms with E-state index in [4.69, 9.17) is 0 Å². The smallest absolute Gasteiger partial charge is 0.289 e. The Morgan fingerprint density at radius 3 is 2.47 bits per heavy atom. The maximum atomic E-state index is 11.9. The van der Waals surface area contributed by atoms with E-state index < -0.39 is 17.7 Å². The second-order valence-electron chi connectivity index (χ2n) is 2.64. The third-order valence-electron chi connectivity index (χ3n) is 1.51. The lowest BCUT2D eigenvalue weighted by Crippen LogP contribution is -2.24. The molecule has 0 amide bonds. The number of carbonyl (C=O) groups excluding carboxylic acids is 1. The zero-order valence-electron chi connectivity index (χ0n) is 7.34. The van der Waals surface area contributed by atoms with Gasteiger partial charge in [0.25, 0.3) is 0 Å². The Morgan fingerprint density at radius 1 is 1.33 bits per heavy atom. The molecule has 0 saturated carbocycles. The Labute approximate surface area is 97.2 Å². The summed E-state index contributed by atoms with van der Waals surface area (Å²) in [5, 5.41) is 0. The molecule has 0 N–H and O–H groups in total.